The molecule has 0 aromatic carbocycles. The molecule has 0 aromatic heterocycles. The first-order valence-electron chi connectivity index (χ1n) is 2.67. The van der Waals surface area contributed by atoms with E-state index in [1.807, 2.05) is 0 Å². The summed E-state index contributed by atoms with van der Waals surface area (Å²) < 4.78 is 78.7. The van der Waals surface area contributed by atoms with Gasteiger partial charge in [0.15, 0.2) is 0 Å². The van der Waals surface area contributed by atoms with Gasteiger partial charge in [-0.05, 0) is 0 Å². The maximum absolute atomic E-state index is 12.5. The highest BCUT2D eigenvalue weighted by molar-refractivity contribution is 7.87. The van der Waals surface area contributed by atoms with Gasteiger partial charge in [-0.25, -0.2) is 0 Å². The van der Waals surface area contributed by atoms with Crippen molar-refractivity contribution < 1.29 is 34.6 Å². The van der Waals surface area contributed by atoms with E-state index in [2.05, 4.69) is 39.0 Å². The third kappa shape index (κ3) is 3.74. The first-order chi connectivity index (χ1) is 6.21. The summed E-state index contributed by atoms with van der Waals surface area (Å²) in [5.41, 5.74) is -6.04. The minimum absolute atomic E-state index is 2.47. The van der Waals surface area contributed by atoms with E-state index in [1.54, 1.807) is 0 Å². The van der Waals surface area contributed by atoms with Crippen molar-refractivity contribution in [2.24, 2.45) is 0 Å². The number of hydrogen-bond acceptors (Lipinski definition) is 3. The van der Waals surface area contributed by atoms with Gasteiger partial charge in [-0.1, -0.05) is 34.8 Å². The lowest BCUT2D eigenvalue weighted by atomic mass is 10.7. The first kappa shape index (κ1) is 15.4. The largest absolute Gasteiger partial charge is 0.523 e. The molecule has 0 fully saturated rings. The minimum atomic E-state index is -6.54. The van der Waals surface area contributed by atoms with E-state index in [4.69, 9.17) is 0 Å². The summed E-state index contributed by atoms with van der Waals surface area (Å²) in [5, 5.41) is 0. The van der Waals surface area contributed by atoms with Crippen LogP contribution >= 0.6 is 34.8 Å². The van der Waals surface area contributed by atoms with E-state index in [0.717, 1.165) is 0 Å². The van der Waals surface area contributed by atoms with Crippen LogP contribution in [-0.4, -0.2) is 23.8 Å². The summed E-state index contributed by atoms with van der Waals surface area (Å²) in [6.45, 7) is 0. The fourth-order valence-corrected chi connectivity index (χ4v) is 0.980. The van der Waals surface area contributed by atoms with Crippen LogP contribution in [0.4, 0.5) is 22.0 Å². The molecule has 0 heterocycles. The molecule has 0 radical (unpaired) electrons. The summed E-state index contributed by atoms with van der Waals surface area (Å²) in [6.07, 6.45) is -5.13. The lowest BCUT2D eigenvalue weighted by Crippen LogP contribution is -2.42. The molecule has 0 N–H and O–H groups in total. The fraction of sp³-hybridized carbons (Fsp3) is 1.00. The smallest absolute Gasteiger partial charge is 0.190 e. The van der Waals surface area contributed by atoms with Gasteiger partial charge in [0, 0.05) is 0 Å². The number of rotatable bonds is 2. The fourth-order valence-electron chi connectivity index (χ4n) is 0.232. The topological polar surface area (TPSA) is 43.4 Å². The van der Waals surface area contributed by atoms with Crippen LogP contribution in [0.5, 0.6) is 0 Å². The molecule has 0 aromatic rings. The van der Waals surface area contributed by atoms with Crippen LogP contribution in [0.15, 0.2) is 0 Å². The first-order valence-corrected chi connectivity index (χ1v) is 5.21. The highest BCUT2D eigenvalue weighted by Crippen LogP contribution is 2.45. The van der Waals surface area contributed by atoms with Crippen molar-refractivity contribution in [2.45, 2.75) is 15.4 Å². The molecule has 0 saturated carbocycles. The molecule has 92 valence electrons. The maximum Gasteiger partial charge on any atom is 0.523 e. The van der Waals surface area contributed by atoms with Crippen LogP contribution < -0.4 is 0 Å². The Labute approximate surface area is 95.2 Å². The molecule has 0 aliphatic carbocycles. The molecule has 0 saturated heterocycles. The Bertz CT molecular complexity index is 330. The molecule has 0 spiro atoms. The van der Waals surface area contributed by atoms with Crippen molar-refractivity contribution in [2.75, 3.05) is 0 Å². The van der Waals surface area contributed by atoms with Crippen molar-refractivity contribution in [1.82, 2.24) is 0 Å². The van der Waals surface area contributed by atoms with Gasteiger partial charge in [0.2, 0.25) is 0 Å². The standard InChI is InChI=1S/C3Cl3F5O3S/c4-1(5,6)2(7,8)14-15(12,13)3(9,10)11. The second-order valence-electron chi connectivity index (χ2n) is 2.00. The van der Waals surface area contributed by atoms with E-state index in [-0.39, 0.29) is 0 Å². The minimum Gasteiger partial charge on any atom is -0.190 e. The lowest BCUT2D eigenvalue weighted by Gasteiger charge is -2.23. The number of halogens is 8. The Balaban J connectivity index is 5.08. The van der Waals surface area contributed by atoms with Gasteiger partial charge in [0.1, 0.15) is 0 Å². The van der Waals surface area contributed by atoms with Crippen LogP contribution in [0.2, 0.25) is 0 Å². The molecule has 12 heteroatoms. The highest BCUT2D eigenvalue weighted by atomic mass is 35.6. The van der Waals surface area contributed by atoms with E-state index < -0.39 is 25.5 Å². The molecule has 0 bridgehead atoms. The Morgan fingerprint density at radius 1 is 0.933 bits per heavy atom. The van der Waals surface area contributed by atoms with Crippen molar-refractivity contribution >= 4 is 44.9 Å². The van der Waals surface area contributed by atoms with Gasteiger partial charge in [-0.3, -0.25) is 0 Å². The van der Waals surface area contributed by atoms with Crippen LogP contribution in [0.3, 0.4) is 0 Å². The summed E-state index contributed by atoms with van der Waals surface area (Å²) >= 11 is 13.5. The summed E-state index contributed by atoms with van der Waals surface area (Å²) in [7, 11) is -6.54. The average molecular weight is 317 g/mol. The Morgan fingerprint density at radius 2 is 1.27 bits per heavy atom. The number of hydrogen-bond donors (Lipinski definition) is 0. The lowest BCUT2D eigenvalue weighted by molar-refractivity contribution is -0.179. The van der Waals surface area contributed by atoms with Gasteiger partial charge < -0.3 is 0 Å². The molecule has 0 aliphatic heterocycles. The SMILES string of the molecule is O=S(=O)(OC(F)(F)C(Cl)(Cl)Cl)C(F)(F)F. The predicted octanol–water partition coefficient (Wildman–Crippen LogP) is 2.82. The van der Waals surface area contributed by atoms with Gasteiger partial charge in [-0.2, -0.15) is 34.6 Å². The predicted molar refractivity (Wildman–Crippen MR) is 41.3 cm³/mol. The molecular formula is C3Cl3F5O3S. The zero-order valence-corrected chi connectivity index (χ0v) is 9.24. The molecular weight excluding hydrogens is 317 g/mol. The zero-order chi connectivity index (χ0) is 12.7. The van der Waals surface area contributed by atoms with Gasteiger partial charge >= 0.3 is 21.7 Å². The Hall–Kier alpha value is 0.430. The van der Waals surface area contributed by atoms with Crippen molar-refractivity contribution in [1.29, 1.82) is 0 Å². The van der Waals surface area contributed by atoms with Crippen LogP contribution in [0.25, 0.3) is 0 Å². The molecule has 0 amide bonds. The van der Waals surface area contributed by atoms with E-state index in [1.165, 1.54) is 0 Å². The van der Waals surface area contributed by atoms with Crippen LogP contribution in [-0.2, 0) is 14.3 Å². The van der Waals surface area contributed by atoms with Crippen molar-refractivity contribution in [3.63, 3.8) is 0 Å². The molecule has 0 aliphatic rings. The average Bonchev–Trinajstić information content (AvgIpc) is 1.77. The second kappa shape index (κ2) is 4.02. The van der Waals surface area contributed by atoms with E-state index in [9.17, 15) is 30.4 Å². The quantitative estimate of drug-likeness (QED) is 0.340. The van der Waals surface area contributed by atoms with Crippen molar-refractivity contribution in [3.05, 3.63) is 0 Å². The van der Waals surface area contributed by atoms with Crippen molar-refractivity contribution in [3.8, 4) is 0 Å². The molecule has 0 unspecified atom stereocenters. The summed E-state index contributed by atoms with van der Waals surface area (Å²) in [5.74, 6) is 0. The van der Waals surface area contributed by atoms with E-state index >= 15 is 0 Å². The van der Waals surface area contributed by atoms with Crippen LogP contribution in [0.1, 0.15) is 0 Å². The molecule has 15 heavy (non-hydrogen) atoms. The zero-order valence-electron chi connectivity index (χ0n) is 6.16. The van der Waals surface area contributed by atoms with E-state index in [0.29, 0.717) is 0 Å². The van der Waals surface area contributed by atoms with Gasteiger partial charge in [0.25, 0.3) is 3.79 Å². The molecule has 0 atom stereocenters. The second-order valence-corrected chi connectivity index (χ2v) is 5.82. The Kier molecular flexibility index (Phi) is 4.14. The molecule has 0 rings (SSSR count). The monoisotopic (exact) mass is 316 g/mol. The normalized spacial score (nSPS) is 15.5. The summed E-state index contributed by atoms with van der Waals surface area (Å²) in [6, 6.07) is 0. The third-order valence-electron chi connectivity index (χ3n) is 0.828. The summed E-state index contributed by atoms with van der Waals surface area (Å²) in [4.78, 5) is 0. The van der Waals surface area contributed by atoms with Crippen LogP contribution in [0, 0.1) is 0 Å². The maximum atomic E-state index is 12.5. The van der Waals surface area contributed by atoms with Gasteiger partial charge in [-0.15, -0.1) is 0 Å². The third-order valence-corrected chi connectivity index (χ3v) is 2.48. The van der Waals surface area contributed by atoms with Gasteiger partial charge in [0.05, 0.1) is 0 Å². The Morgan fingerprint density at radius 3 is 1.47 bits per heavy atom. The number of alkyl halides is 8. The highest BCUT2D eigenvalue weighted by Gasteiger charge is 2.61. The molecule has 3 nitrogen and oxygen atoms in total.